The maximum absolute atomic E-state index is 13.3. The zero-order valence-corrected chi connectivity index (χ0v) is 18.3. The van der Waals surface area contributed by atoms with E-state index < -0.39 is 29.5 Å². The lowest BCUT2D eigenvalue weighted by molar-refractivity contribution is -0.140. The van der Waals surface area contributed by atoms with Gasteiger partial charge in [-0.15, -0.1) is 0 Å². The average molecular weight is 455 g/mol. The summed E-state index contributed by atoms with van der Waals surface area (Å²) >= 11 is 0. The number of halogens is 1. The molecule has 3 rings (SSSR count). The molecule has 7 nitrogen and oxygen atoms in total. The molecule has 2 aromatic rings. The van der Waals surface area contributed by atoms with Crippen LogP contribution < -0.4 is 4.74 Å². The number of rotatable bonds is 10. The van der Waals surface area contributed by atoms with Crippen LogP contribution in [0.25, 0.3) is 5.76 Å². The van der Waals surface area contributed by atoms with E-state index in [1.165, 1.54) is 29.2 Å². The van der Waals surface area contributed by atoms with Gasteiger partial charge in [-0.25, -0.2) is 4.39 Å². The molecule has 174 valence electrons. The smallest absolute Gasteiger partial charge is 0.303 e. The van der Waals surface area contributed by atoms with Crippen LogP contribution in [-0.2, 0) is 14.4 Å². The minimum atomic E-state index is -0.885. The second-order valence-corrected chi connectivity index (χ2v) is 7.71. The normalized spacial score (nSPS) is 17.4. The first-order valence-electron chi connectivity index (χ1n) is 10.8. The Kier molecular flexibility index (Phi) is 7.82. The number of carbonyl (C=O) groups is 3. The summed E-state index contributed by atoms with van der Waals surface area (Å²) in [6.45, 7) is 2.57. The molecule has 1 aliphatic rings. The number of likely N-dealkylation sites (tertiary alicyclic amines) is 1. The number of carboxylic acid groups (broad SMARTS) is 1. The maximum Gasteiger partial charge on any atom is 0.303 e. The number of nitrogens with zero attached hydrogens (tertiary/aromatic N) is 1. The van der Waals surface area contributed by atoms with Gasteiger partial charge < -0.3 is 19.8 Å². The van der Waals surface area contributed by atoms with Crippen molar-refractivity contribution < 1.29 is 33.7 Å². The Morgan fingerprint density at radius 3 is 2.27 bits per heavy atom. The predicted molar refractivity (Wildman–Crippen MR) is 119 cm³/mol. The summed E-state index contributed by atoms with van der Waals surface area (Å²) in [6.07, 6.45) is 1.57. The Morgan fingerprint density at radius 1 is 1.00 bits per heavy atom. The van der Waals surface area contributed by atoms with Crippen molar-refractivity contribution in [3.05, 3.63) is 71.0 Å². The number of ketones is 1. The van der Waals surface area contributed by atoms with Crippen LogP contribution in [0, 0.1) is 5.82 Å². The third-order valence-corrected chi connectivity index (χ3v) is 5.45. The minimum absolute atomic E-state index is 0.0334. The van der Waals surface area contributed by atoms with E-state index in [9.17, 15) is 23.9 Å². The molecule has 1 amide bonds. The van der Waals surface area contributed by atoms with Crippen LogP contribution in [0.4, 0.5) is 4.39 Å². The van der Waals surface area contributed by atoms with E-state index in [2.05, 4.69) is 0 Å². The van der Waals surface area contributed by atoms with Crippen LogP contribution >= 0.6 is 0 Å². The SMILES string of the molecule is CCOc1ccc(C2/C(=C(\O)c3ccc(F)cc3)C(=O)C(=O)N2CCCCCC(=O)O)cc1. The third kappa shape index (κ3) is 5.58. The summed E-state index contributed by atoms with van der Waals surface area (Å²) in [5, 5.41) is 19.7. The van der Waals surface area contributed by atoms with E-state index in [0.29, 0.717) is 37.2 Å². The molecule has 1 heterocycles. The van der Waals surface area contributed by atoms with Gasteiger partial charge in [0.25, 0.3) is 11.7 Å². The van der Waals surface area contributed by atoms with Gasteiger partial charge in [0.05, 0.1) is 18.2 Å². The molecule has 0 radical (unpaired) electrons. The van der Waals surface area contributed by atoms with Crippen molar-refractivity contribution in [2.24, 2.45) is 0 Å². The van der Waals surface area contributed by atoms with Crippen LogP contribution in [0.5, 0.6) is 5.75 Å². The number of hydrogen-bond donors (Lipinski definition) is 2. The Hall–Kier alpha value is -3.68. The molecule has 1 unspecified atom stereocenters. The van der Waals surface area contributed by atoms with Crippen LogP contribution in [0.15, 0.2) is 54.1 Å². The number of unbranched alkanes of at least 4 members (excludes halogenated alkanes) is 2. The molecular formula is C25H26FNO6. The number of aliphatic hydroxyl groups is 1. The zero-order valence-electron chi connectivity index (χ0n) is 18.3. The van der Waals surface area contributed by atoms with E-state index in [1.54, 1.807) is 24.3 Å². The summed E-state index contributed by atoms with van der Waals surface area (Å²) in [5.41, 5.74) is 0.778. The van der Waals surface area contributed by atoms with Gasteiger partial charge in [-0.05, 0) is 61.7 Å². The van der Waals surface area contributed by atoms with Crippen molar-refractivity contribution in [3.8, 4) is 5.75 Å². The number of carboxylic acids is 1. The van der Waals surface area contributed by atoms with Crippen LogP contribution in [0.3, 0.4) is 0 Å². The first-order valence-corrected chi connectivity index (χ1v) is 10.8. The molecule has 0 aromatic heterocycles. The molecule has 2 aromatic carbocycles. The molecule has 0 spiro atoms. The van der Waals surface area contributed by atoms with Gasteiger partial charge in [0.2, 0.25) is 0 Å². The summed E-state index contributed by atoms with van der Waals surface area (Å²) in [5.74, 6) is -2.68. The van der Waals surface area contributed by atoms with Gasteiger partial charge >= 0.3 is 5.97 Å². The lowest BCUT2D eigenvalue weighted by atomic mass is 9.95. The molecule has 0 aliphatic carbocycles. The van der Waals surface area contributed by atoms with Crippen LogP contribution in [0.2, 0.25) is 0 Å². The highest BCUT2D eigenvalue weighted by atomic mass is 19.1. The lowest BCUT2D eigenvalue weighted by Gasteiger charge is -2.25. The van der Waals surface area contributed by atoms with Crippen molar-refractivity contribution in [2.45, 2.75) is 38.6 Å². The highest BCUT2D eigenvalue weighted by molar-refractivity contribution is 6.46. The fraction of sp³-hybridized carbons (Fsp3) is 0.320. The van der Waals surface area contributed by atoms with E-state index >= 15 is 0 Å². The van der Waals surface area contributed by atoms with E-state index in [-0.39, 0.29) is 29.9 Å². The van der Waals surface area contributed by atoms with Gasteiger partial charge in [0.1, 0.15) is 17.3 Å². The van der Waals surface area contributed by atoms with Crippen molar-refractivity contribution in [3.63, 3.8) is 0 Å². The van der Waals surface area contributed by atoms with Crippen molar-refractivity contribution >= 4 is 23.4 Å². The van der Waals surface area contributed by atoms with E-state index in [1.807, 2.05) is 6.92 Å². The number of aliphatic carboxylic acids is 1. The third-order valence-electron chi connectivity index (χ3n) is 5.45. The molecule has 8 heteroatoms. The monoisotopic (exact) mass is 455 g/mol. The molecule has 1 fully saturated rings. The highest BCUT2D eigenvalue weighted by Gasteiger charge is 2.45. The van der Waals surface area contributed by atoms with Gasteiger partial charge in [-0.2, -0.15) is 0 Å². The molecule has 2 N–H and O–H groups in total. The summed E-state index contributed by atoms with van der Waals surface area (Å²) in [6, 6.07) is 11.1. The Bertz CT molecular complexity index is 1050. The first kappa shape index (κ1) is 24.0. The highest BCUT2D eigenvalue weighted by Crippen LogP contribution is 2.40. The fourth-order valence-electron chi connectivity index (χ4n) is 3.87. The topological polar surface area (TPSA) is 104 Å². The zero-order chi connectivity index (χ0) is 24.0. The number of carbonyl (C=O) groups excluding carboxylic acids is 2. The summed E-state index contributed by atoms with van der Waals surface area (Å²) < 4.78 is 18.8. The van der Waals surface area contributed by atoms with Gasteiger partial charge in [-0.1, -0.05) is 18.6 Å². The second kappa shape index (κ2) is 10.8. The molecule has 0 bridgehead atoms. The molecule has 1 atom stereocenters. The van der Waals surface area contributed by atoms with Crippen molar-refractivity contribution in [1.29, 1.82) is 0 Å². The molecule has 1 saturated heterocycles. The molecule has 33 heavy (non-hydrogen) atoms. The minimum Gasteiger partial charge on any atom is -0.507 e. The fourth-order valence-corrected chi connectivity index (χ4v) is 3.87. The first-order chi connectivity index (χ1) is 15.8. The molecular weight excluding hydrogens is 429 g/mol. The number of benzene rings is 2. The van der Waals surface area contributed by atoms with Crippen molar-refractivity contribution in [2.75, 3.05) is 13.2 Å². The Labute approximate surface area is 191 Å². The number of amides is 1. The predicted octanol–water partition coefficient (Wildman–Crippen LogP) is 4.29. The number of Topliss-reactive ketones (excluding diaryl/α,β-unsaturated/α-hetero) is 1. The van der Waals surface area contributed by atoms with Gasteiger partial charge in [0, 0.05) is 18.5 Å². The standard InChI is InChI=1S/C25H26FNO6/c1-2-33-19-13-9-16(10-14-19)22-21(23(30)17-7-11-18(26)12-8-17)24(31)25(32)27(22)15-5-3-4-6-20(28)29/h7-14,22,30H,2-6,15H2,1H3,(H,28,29)/b23-21+. The number of aliphatic hydroxyl groups excluding tert-OH is 1. The quantitative estimate of drug-likeness (QED) is 0.240. The molecule has 0 saturated carbocycles. The van der Waals surface area contributed by atoms with Gasteiger partial charge in [-0.3, -0.25) is 14.4 Å². The largest absolute Gasteiger partial charge is 0.507 e. The number of hydrogen-bond acceptors (Lipinski definition) is 5. The van der Waals surface area contributed by atoms with E-state index in [4.69, 9.17) is 9.84 Å². The second-order valence-electron chi connectivity index (χ2n) is 7.71. The summed E-state index contributed by atoms with van der Waals surface area (Å²) in [4.78, 5) is 37.9. The maximum atomic E-state index is 13.3. The Balaban J connectivity index is 1.96. The van der Waals surface area contributed by atoms with Crippen molar-refractivity contribution in [1.82, 2.24) is 4.90 Å². The molecule has 1 aliphatic heterocycles. The lowest BCUT2D eigenvalue weighted by Crippen LogP contribution is -2.30. The van der Waals surface area contributed by atoms with Crippen LogP contribution in [0.1, 0.15) is 49.8 Å². The number of ether oxygens (including phenoxy) is 1. The average Bonchev–Trinajstić information content (AvgIpc) is 3.04. The Morgan fingerprint density at radius 2 is 1.67 bits per heavy atom. The van der Waals surface area contributed by atoms with Gasteiger partial charge in [0.15, 0.2) is 0 Å². The van der Waals surface area contributed by atoms with Crippen LogP contribution in [-0.4, -0.2) is 45.9 Å². The summed E-state index contributed by atoms with van der Waals surface area (Å²) in [7, 11) is 0. The van der Waals surface area contributed by atoms with E-state index in [0.717, 1.165) is 0 Å².